The quantitative estimate of drug-likeness (QED) is 0.661. The zero-order valence-electron chi connectivity index (χ0n) is 9.72. The second kappa shape index (κ2) is 6.53. The summed E-state index contributed by atoms with van der Waals surface area (Å²) >= 11 is 4.51. The first-order valence-corrected chi connectivity index (χ1v) is 7.15. The minimum absolute atomic E-state index is 0.158. The molecule has 1 aromatic heterocycles. The monoisotopic (exact) mass is 339 g/mol. The van der Waals surface area contributed by atoms with Gasteiger partial charge in [-0.2, -0.15) is 0 Å². The number of aromatic amines is 1. The third-order valence-corrected chi connectivity index (χ3v) is 3.48. The number of carbonyl (C=O) groups excluding carboxylic acids is 1. The van der Waals surface area contributed by atoms with Crippen LogP contribution in [-0.4, -0.2) is 21.6 Å². The zero-order chi connectivity index (χ0) is 13.7. The van der Waals surface area contributed by atoms with E-state index in [1.165, 1.54) is 24.0 Å². The number of aromatic nitrogens is 2. The van der Waals surface area contributed by atoms with Crippen LogP contribution in [0.1, 0.15) is 0 Å². The third kappa shape index (κ3) is 4.53. The Labute approximate surface area is 122 Å². The molecule has 0 fully saturated rings. The summed E-state index contributed by atoms with van der Waals surface area (Å²) in [6.07, 6.45) is 1.41. The molecule has 0 bridgehead atoms. The van der Waals surface area contributed by atoms with Crippen molar-refractivity contribution in [2.75, 3.05) is 11.1 Å². The summed E-state index contributed by atoms with van der Waals surface area (Å²) in [6.45, 7) is 0. The predicted molar refractivity (Wildman–Crippen MR) is 78.4 cm³/mol. The number of hydrogen-bond donors (Lipinski definition) is 2. The van der Waals surface area contributed by atoms with Gasteiger partial charge in [-0.1, -0.05) is 33.8 Å². The van der Waals surface area contributed by atoms with Crippen LogP contribution in [0.4, 0.5) is 5.69 Å². The molecule has 0 unspecified atom stereocenters. The van der Waals surface area contributed by atoms with Crippen molar-refractivity contribution in [1.29, 1.82) is 0 Å². The van der Waals surface area contributed by atoms with Gasteiger partial charge in [0.15, 0.2) is 5.16 Å². The smallest absolute Gasteiger partial charge is 0.251 e. The number of nitrogens with one attached hydrogen (secondary N) is 2. The van der Waals surface area contributed by atoms with Gasteiger partial charge in [0.05, 0.1) is 5.75 Å². The van der Waals surface area contributed by atoms with E-state index in [2.05, 4.69) is 31.2 Å². The lowest BCUT2D eigenvalue weighted by molar-refractivity contribution is -0.113. The summed E-state index contributed by atoms with van der Waals surface area (Å²) in [5, 5.41) is 3.19. The molecule has 0 aliphatic carbocycles. The summed E-state index contributed by atoms with van der Waals surface area (Å²) in [5.41, 5.74) is 0.486. The van der Waals surface area contributed by atoms with Crippen LogP contribution in [-0.2, 0) is 4.79 Å². The minimum Gasteiger partial charge on any atom is -0.325 e. The summed E-state index contributed by atoms with van der Waals surface area (Å²) in [7, 11) is 0. The van der Waals surface area contributed by atoms with Gasteiger partial charge in [-0.25, -0.2) is 4.98 Å². The third-order valence-electron chi connectivity index (χ3n) is 2.10. The highest BCUT2D eigenvalue weighted by Crippen LogP contribution is 2.16. The molecule has 98 valence electrons. The lowest BCUT2D eigenvalue weighted by Gasteiger charge is -2.04. The van der Waals surface area contributed by atoms with E-state index in [-0.39, 0.29) is 17.2 Å². The van der Waals surface area contributed by atoms with E-state index in [4.69, 9.17) is 0 Å². The Morgan fingerprint density at radius 2 is 2.26 bits per heavy atom. The maximum atomic E-state index is 11.7. The first kappa shape index (κ1) is 13.8. The number of amides is 1. The van der Waals surface area contributed by atoms with Crippen LogP contribution in [0.2, 0.25) is 0 Å². The molecule has 0 radical (unpaired) electrons. The molecule has 1 aromatic carbocycles. The van der Waals surface area contributed by atoms with Crippen molar-refractivity contribution in [3.8, 4) is 0 Å². The van der Waals surface area contributed by atoms with Crippen molar-refractivity contribution < 1.29 is 4.79 Å². The van der Waals surface area contributed by atoms with Crippen LogP contribution in [0.3, 0.4) is 0 Å². The fraction of sp³-hybridized carbons (Fsp3) is 0.0833. The van der Waals surface area contributed by atoms with Gasteiger partial charge in [-0.3, -0.25) is 9.59 Å². The first-order valence-electron chi connectivity index (χ1n) is 5.37. The second-order valence-electron chi connectivity index (χ2n) is 3.59. The molecule has 0 atom stereocenters. The van der Waals surface area contributed by atoms with E-state index < -0.39 is 0 Å². The Bertz CT molecular complexity index is 645. The maximum Gasteiger partial charge on any atom is 0.251 e. The summed E-state index contributed by atoms with van der Waals surface area (Å²) < 4.78 is 0.895. The Morgan fingerprint density at radius 3 is 3.00 bits per heavy atom. The van der Waals surface area contributed by atoms with Crippen LogP contribution in [0.15, 0.2) is 51.0 Å². The van der Waals surface area contributed by atoms with E-state index in [9.17, 15) is 9.59 Å². The number of carbonyl (C=O) groups is 1. The van der Waals surface area contributed by atoms with Crippen molar-refractivity contribution in [3.63, 3.8) is 0 Å². The van der Waals surface area contributed by atoms with Gasteiger partial charge in [0, 0.05) is 22.4 Å². The normalized spacial score (nSPS) is 10.2. The van der Waals surface area contributed by atoms with Gasteiger partial charge in [-0.05, 0) is 18.2 Å². The second-order valence-corrected chi connectivity index (χ2v) is 5.47. The van der Waals surface area contributed by atoms with E-state index >= 15 is 0 Å². The van der Waals surface area contributed by atoms with E-state index in [0.717, 1.165) is 10.2 Å². The number of halogens is 1. The van der Waals surface area contributed by atoms with Crippen molar-refractivity contribution in [3.05, 3.63) is 51.4 Å². The van der Waals surface area contributed by atoms with Gasteiger partial charge < -0.3 is 10.3 Å². The van der Waals surface area contributed by atoms with Gasteiger partial charge in [0.2, 0.25) is 5.91 Å². The average molecular weight is 340 g/mol. The molecular weight excluding hydrogens is 330 g/mol. The molecule has 0 spiro atoms. The molecule has 1 amide bonds. The van der Waals surface area contributed by atoms with Crippen molar-refractivity contribution in [1.82, 2.24) is 9.97 Å². The topological polar surface area (TPSA) is 74.8 Å². The zero-order valence-corrected chi connectivity index (χ0v) is 12.1. The van der Waals surface area contributed by atoms with Crippen LogP contribution >= 0.6 is 27.7 Å². The molecule has 2 aromatic rings. The largest absolute Gasteiger partial charge is 0.325 e. The van der Waals surface area contributed by atoms with E-state index in [0.29, 0.717) is 5.16 Å². The number of benzene rings is 1. The minimum atomic E-state index is -0.232. The fourth-order valence-corrected chi connectivity index (χ4v) is 2.37. The number of nitrogens with zero attached hydrogens (tertiary/aromatic N) is 1. The van der Waals surface area contributed by atoms with Crippen molar-refractivity contribution in [2.24, 2.45) is 0 Å². The lowest BCUT2D eigenvalue weighted by atomic mass is 10.3. The van der Waals surface area contributed by atoms with Gasteiger partial charge in [0.25, 0.3) is 5.56 Å². The Morgan fingerprint density at radius 1 is 1.42 bits per heavy atom. The molecule has 2 N–H and O–H groups in total. The molecule has 0 aliphatic rings. The van der Waals surface area contributed by atoms with Crippen LogP contribution in [0.25, 0.3) is 0 Å². The number of hydrogen-bond acceptors (Lipinski definition) is 4. The molecule has 5 nitrogen and oxygen atoms in total. The van der Waals surface area contributed by atoms with Crippen molar-refractivity contribution in [2.45, 2.75) is 5.16 Å². The highest BCUT2D eigenvalue weighted by atomic mass is 79.9. The molecule has 19 heavy (non-hydrogen) atoms. The van der Waals surface area contributed by atoms with E-state index in [1.807, 2.05) is 18.2 Å². The Kier molecular flexibility index (Phi) is 4.75. The van der Waals surface area contributed by atoms with Gasteiger partial charge >= 0.3 is 0 Å². The molecule has 0 aliphatic heterocycles. The SMILES string of the molecule is O=C(CSc1nccc(=O)[nH]1)Nc1cccc(Br)c1. The fourth-order valence-electron chi connectivity index (χ4n) is 1.32. The molecular formula is C12H10BrN3O2S. The Hall–Kier alpha value is -1.60. The van der Waals surface area contributed by atoms with Gasteiger partial charge in [0.1, 0.15) is 0 Å². The molecule has 0 saturated carbocycles. The number of thioether (sulfide) groups is 1. The molecule has 2 rings (SSSR count). The Balaban J connectivity index is 1.90. The highest BCUT2D eigenvalue weighted by Gasteiger charge is 2.05. The maximum absolute atomic E-state index is 11.7. The number of anilines is 1. The summed E-state index contributed by atoms with van der Waals surface area (Å²) in [5.74, 6) is 0.0223. The van der Waals surface area contributed by atoms with E-state index in [1.54, 1.807) is 6.07 Å². The number of rotatable bonds is 4. The predicted octanol–water partition coefficient (Wildman–Crippen LogP) is 2.26. The number of H-pyrrole nitrogens is 1. The van der Waals surface area contributed by atoms with Crippen molar-refractivity contribution >= 4 is 39.3 Å². The van der Waals surface area contributed by atoms with Crippen LogP contribution in [0.5, 0.6) is 0 Å². The summed E-state index contributed by atoms with van der Waals surface area (Å²) in [6, 6.07) is 8.65. The first-order chi connectivity index (χ1) is 9.13. The molecule has 1 heterocycles. The van der Waals surface area contributed by atoms with Gasteiger partial charge in [-0.15, -0.1) is 0 Å². The van der Waals surface area contributed by atoms with Crippen LogP contribution in [0, 0.1) is 0 Å². The lowest BCUT2D eigenvalue weighted by Crippen LogP contribution is -2.15. The highest BCUT2D eigenvalue weighted by molar-refractivity contribution is 9.10. The standard InChI is InChI=1S/C12H10BrN3O2S/c13-8-2-1-3-9(6-8)15-11(18)7-19-12-14-5-4-10(17)16-12/h1-6H,7H2,(H,15,18)(H,14,16,17). The molecule has 0 saturated heterocycles. The molecule has 7 heteroatoms. The average Bonchev–Trinajstić information content (AvgIpc) is 2.36. The summed E-state index contributed by atoms with van der Waals surface area (Å²) in [4.78, 5) is 29.3. The van der Waals surface area contributed by atoms with Crippen LogP contribution < -0.4 is 10.9 Å².